The van der Waals surface area contributed by atoms with Gasteiger partial charge in [-0.1, -0.05) is 6.07 Å². The Morgan fingerprint density at radius 1 is 1.32 bits per heavy atom. The van der Waals surface area contributed by atoms with Crippen molar-refractivity contribution in [1.82, 2.24) is 4.98 Å². The van der Waals surface area contributed by atoms with E-state index in [0.717, 1.165) is 15.7 Å². The lowest BCUT2D eigenvalue weighted by Crippen LogP contribution is -2.50. The normalized spacial score (nSPS) is 26.2. The number of fused-ring (bicyclic) bond motifs is 1. The first-order valence-electron chi connectivity index (χ1n) is 6.34. The quantitative estimate of drug-likeness (QED) is 0.845. The number of rotatable bonds is 2. The summed E-state index contributed by atoms with van der Waals surface area (Å²) in [6, 6.07) is 6.08. The third kappa shape index (κ3) is 1.99. The fourth-order valence-corrected chi connectivity index (χ4v) is 2.97. The van der Waals surface area contributed by atoms with Crippen molar-refractivity contribution in [2.24, 2.45) is 5.73 Å². The highest BCUT2D eigenvalue weighted by Crippen LogP contribution is 2.36. The van der Waals surface area contributed by atoms with E-state index in [9.17, 15) is 0 Å². The van der Waals surface area contributed by atoms with E-state index in [2.05, 4.69) is 11.1 Å². The zero-order chi connectivity index (χ0) is 13.7. The summed E-state index contributed by atoms with van der Waals surface area (Å²) in [6.07, 6.45) is 0. The van der Waals surface area contributed by atoms with Crippen molar-refractivity contribution in [3.8, 4) is 0 Å². The zero-order valence-electron chi connectivity index (χ0n) is 11.3. The molecule has 2 heterocycles. The van der Waals surface area contributed by atoms with E-state index in [1.807, 2.05) is 38.4 Å². The van der Waals surface area contributed by atoms with Crippen molar-refractivity contribution in [3.05, 3.63) is 23.7 Å². The SMILES string of the molecule is CC1(C)OB(c2ccc3ncsc3c2)OC1(C)CN. The Hall–Kier alpha value is -0.945. The molecule has 3 rings (SSSR count). The first kappa shape index (κ1) is 13.1. The van der Waals surface area contributed by atoms with Crippen LogP contribution in [0, 0.1) is 0 Å². The molecule has 1 aliphatic rings. The molecular formula is C13H17BN2O2S. The van der Waals surface area contributed by atoms with Gasteiger partial charge in [0.2, 0.25) is 0 Å². The van der Waals surface area contributed by atoms with Crippen molar-refractivity contribution in [3.63, 3.8) is 0 Å². The van der Waals surface area contributed by atoms with Crippen molar-refractivity contribution in [1.29, 1.82) is 0 Å². The smallest absolute Gasteiger partial charge is 0.399 e. The monoisotopic (exact) mass is 276 g/mol. The van der Waals surface area contributed by atoms with Crippen molar-refractivity contribution in [2.45, 2.75) is 32.0 Å². The molecule has 0 aliphatic carbocycles. The first-order valence-corrected chi connectivity index (χ1v) is 7.22. The van der Waals surface area contributed by atoms with E-state index in [-0.39, 0.29) is 7.12 Å². The molecule has 2 N–H and O–H groups in total. The van der Waals surface area contributed by atoms with E-state index < -0.39 is 11.2 Å². The second-order valence-electron chi connectivity index (χ2n) is 5.59. The maximum absolute atomic E-state index is 6.06. The van der Waals surface area contributed by atoms with E-state index in [0.29, 0.717) is 6.54 Å². The van der Waals surface area contributed by atoms with Gasteiger partial charge in [-0.2, -0.15) is 0 Å². The summed E-state index contributed by atoms with van der Waals surface area (Å²) in [6.45, 7) is 6.47. The average molecular weight is 276 g/mol. The second-order valence-corrected chi connectivity index (χ2v) is 6.48. The van der Waals surface area contributed by atoms with Crippen LogP contribution in [0.5, 0.6) is 0 Å². The van der Waals surface area contributed by atoms with Gasteiger partial charge in [0.05, 0.1) is 26.9 Å². The number of benzene rings is 1. The zero-order valence-corrected chi connectivity index (χ0v) is 12.2. The molecule has 1 aromatic carbocycles. The largest absolute Gasteiger partial charge is 0.494 e. The second kappa shape index (κ2) is 4.28. The van der Waals surface area contributed by atoms with Gasteiger partial charge in [-0.25, -0.2) is 4.98 Å². The van der Waals surface area contributed by atoms with Gasteiger partial charge in [0.1, 0.15) is 0 Å². The topological polar surface area (TPSA) is 57.4 Å². The van der Waals surface area contributed by atoms with Crippen LogP contribution in [-0.4, -0.2) is 29.8 Å². The highest BCUT2D eigenvalue weighted by atomic mass is 32.1. The molecule has 4 nitrogen and oxygen atoms in total. The van der Waals surface area contributed by atoms with Crippen LogP contribution in [0.4, 0.5) is 0 Å². The third-order valence-electron chi connectivity index (χ3n) is 4.06. The minimum absolute atomic E-state index is 0.366. The summed E-state index contributed by atoms with van der Waals surface area (Å²) in [7, 11) is -0.366. The molecule has 2 aromatic rings. The molecule has 6 heteroatoms. The number of hydrogen-bond donors (Lipinski definition) is 1. The number of hydrogen-bond acceptors (Lipinski definition) is 5. The molecule has 1 fully saturated rings. The fraction of sp³-hybridized carbons (Fsp3) is 0.462. The number of aromatic nitrogens is 1. The van der Waals surface area contributed by atoms with Gasteiger partial charge in [-0.15, -0.1) is 11.3 Å². The van der Waals surface area contributed by atoms with Gasteiger partial charge < -0.3 is 15.0 Å². The maximum atomic E-state index is 6.06. The highest BCUT2D eigenvalue weighted by molar-refractivity contribution is 7.16. The Bertz CT molecular complexity index is 615. The summed E-state index contributed by atoms with van der Waals surface area (Å²) in [5, 5.41) is 0. The Morgan fingerprint density at radius 2 is 2.11 bits per heavy atom. The summed E-state index contributed by atoms with van der Waals surface area (Å²) >= 11 is 1.62. The molecule has 1 atom stereocenters. The Labute approximate surface area is 117 Å². The van der Waals surface area contributed by atoms with Gasteiger partial charge in [0.25, 0.3) is 0 Å². The molecule has 1 aromatic heterocycles. The van der Waals surface area contributed by atoms with E-state index in [4.69, 9.17) is 15.0 Å². The lowest BCUT2D eigenvalue weighted by atomic mass is 9.79. The highest BCUT2D eigenvalue weighted by Gasteiger charge is 2.53. The van der Waals surface area contributed by atoms with Gasteiger partial charge in [-0.3, -0.25) is 0 Å². The predicted octanol–water partition coefficient (Wildman–Crippen LogP) is 1.53. The van der Waals surface area contributed by atoms with Crippen molar-refractivity contribution >= 4 is 34.1 Å². The van der Waals surface area contributed by atoms with Crippen LogP contribution >= 0.6 is 11.3 Å². The van der Waals surface area contributed by atoms with Crippen LogP contribution in [0.25, 0.3) is 10.2 Å². The molecule has 100 valence electrons. The summed E-state index contributed by atoms with van der Waals surface area (Å²) < 4.78 is 13.3. The Kier molecular flexibility index (Phi) is 2.94. The molecule has 0 saturated carbocycles. The van der Waals surface area contributed by atoms with Crippen molar-refractivity contribution in [2.75, 3.05) is 6.54 Å². The Balaban J connectivity index is 1.95. The lowest BCUT2D eigenvalue weighted by molar-refractivity contribution is -0.00187. The van der Waals surface area contributed by atoms with Gasteiger partial charge in [0.15, 0.2) is 0 Å². The Morgan fingerprint density at radius 3 is 2.79 bits per heavy atom. The van der Waals surface area contributed by atoms with E-state index in [1.54, 1.807) is 11.3 Å². The van der Waals surface area contributed by atoms with Crippen molar-refractivity contribution < 1.29 is 9.31 Å². The molecule has 0 bridgehead atoms. The van der Waals surface area contributed by atoms with Gasteiger partial charge >= 0.3 is 7.12 Å². The summed E-state index contributed by atoms with van der Waals surface area (Å²) in [5.74, 6) is 0. The minimum atomic E-state index is -0.472. The molecular weight excluding hydrogens is 259 g/mol. The lowest BCUT2D eigenvalue weighted by Gasteiger charge is -2.35. The fourth-order valence-electron chi connectivity index (χ4n) is 2.24. The van der Waals surface area contributed by atoms with E-state index in [1.165, 1.54) is 0 Å². The van der Waals surface area contributed by atoms with E-state index >= 15 is 0 Å². The number of nitrogens with zero attached hydrogens (tertiary/aromatic N) is 1. The first-order chi connectivity index (χ1) is 8.95. The molecule has 0 amide bonds. The molecule has 1 saturated heterocycles. The summed E-state index contributed by atoms with van der Waals surface area (Å²) in [5.41, 5.74) is 8.83. The molecule has 1 unspecified atom stereocenters. The third-order valence-corrected chi connectivity index (χ3v) is 4.85. The van der Waals surface area contributed by atoms with Gasteiger partial charge in [0, 0.05) is 6.54 Å². The predicted molar refractivity (Wildman–Crippen MR) is 78.7 cm³/mol. The molecule has 19 heavy (non-hydrogen) atoms. The van der Waals surface area contributed by atoms with Crippen LogP contribution in [0.15, 0.2) is 23.7 Å². The minimum Gasteiger partial charge on any atom is -0.399 e. The van der Waals surface area contributed by atoms with Crippen LogP contribution in [-0.2, 0) is 9.31 Å². The molecule has 0 spiro atoms. The maximum Gasteiger partial charge on any atom is 0.494 e. The summed E-state index contributed by atoms with van der Waals surface area (Å²) in [4.78, 5) is 4.28. The van der Waals surface area contributed by atoms with Crippen LogP contribution in [0.2, 0.25) is 0 Å². The van der Waals surface area contributed by atoms with Crippen LogP contribution in [0.1, 0.15) is 20.8 Å². The van der Waals surface area contributed by atoms with Crippen LogP contribution in [0.3, 0.4) is 0 Å². The average Bonchev–Trinajstić information content (AvgIpc) is 2.92. The van der Waals surface area contributed by atoms with Gasteiger partial charge in [-0.05, 0) is 38.4 Å². The molecule has 1 aliphatic heterocycles. The number of nitrogens with two attached hydrogens (primary N) is 1. The van der Waals surface area contributed by atoms with Crippen LogP contribution < -0.4 is 11.2 Å². The standard InChI is InChI=1S/C13H17BN2O2S/c1-12(2)13(3,7-15)18-14(17-12)9-4-5-10-11(6-9)19-8-16-10/h4-6,8H,7,15H2,1-3H3. The number of thiazole rings is 1. The molecule has 0 radical (unpaired) electrons.